The van der Waals surface area contributed by atoms with Crippen molar-refractivity contribution in [3.63, 3.8) is 0 Å². The average Bonchev–Trinajstić information content (AvgIpc) is 2.79. The number of amides is 1. The van der Waals surface area contributed by atoms with E-state index in [2.05, 4.69) is 15.4 Å². The minimum Gasteiger partial charge on any atom is -0.480 e. The normalized spacial score (nSPS) is 12.3. The summed E-state index contributed by atoms with van der Waals surface area (Å²) in [6.45, 7) is 1.69. The molecule has 1 amide bonds. The maximum atomic E-state index is 11.9. The van der Waals surface area contributed by atoms with Gasteiger partial charge in [0.2, 0.25) is 0 Å². The van der Waals surface area contributed by atoms with Crippen LogP contribution in [0.5, 0.6) is 0 Å². The topological polar surface area (TPSA) is 96.6 Å². The Hall–Kier alpha value is -2.44. The fraction of sp³-hybridized carbons (Fsp3) is 0.273. The van der Waals surface area contributed by atoms with E-state index in [4.69, 9.17) is 5.11 Å². The van der Waals surface area contributed by atoms with Crippen molar-refractivity contribution in [2.75, 3.05) is 0 Å². The molecule has 0 saturated carbocycles. The number of carboxylic acids is 1. The van der Waals surface area contributed by atoms with Gasteiger partial charge in [-0.1, -0.05) is 6.92 Å². The zero-order valence-electron chi connectivity index (χ0n) is 9.70. The minimum absolute atomic E-state index is 0.308. The number of hydrogen-bond donors (Lipinski definition) is 2. The molecule has 1 atom stereocenters. The van der Waals surface area contributed by atoms with Gasteiger partial charge < -0.3 is 10.4 Å². The van der Waals surface area contributed by atoms with Crippen LogP contribution in [0.25, 0.3) is 5.52 Å². The van der Waals surface area contributed by atoms with Crippen molar-refractivity contribution in [2.45, 2.75) is 19.4 Å². The summed E-state index contributed by atoms with van der Waals surface area (Å²) < 4.78 is 1.50. The van der Waals surface area contributed by atoms with Crippen LogP contribution in [0.2, 0.25) is 0 Å². The molecular weight excluding hydrogens is 236 g/mol. The second kappa shape index (κ2) is 4.82. The predicted molar refractivity (Wildman–Crippen MR) is 62.2 cm³/mol. The second-order valence-electron chi connectivity index (χ2n) is 3.74. The highest BCUT2D eigenvalue weighted by Gasteiger charge is 2.20. The first-order valence-corrected chi connectivity index (χ1v) is 5.44. The maximum Gasteiger partial charge on any atom is 0.326 e. The van der Waals surface area contributed by atoms with Gasteiger partial charge in [-0.25, -0.2) is 9.31 Å². The number of nitrogens with one attached hydrogen (secondary N) is 1. The SMILES string of the molecule is CC[C@@H](NC(=O)c1cnn2ccncc12)C(=O)O. The van der Waals surface area contributed by atoms with Crippen molar-refractivity contribution in [3.8, 4) is 0 Å². The number of carbonyl (C=O) groups is 2. The van der Waals surface area contributed by atoms with E-state index in [0.717, 1.165) is 0 Å². The molecule has 7 heteroatoms. The lowest BCUT2D eigenvalue weighted by atomic mass is 10.2. The highest BCUT2D eigenvalue weighted by molar-refractivity contribution is 6.01. The molecule has 2 aromatic rings. The van der Waals surface area contributed by atoms with E-state index in [-0.39, 0.29) is 0 Å². The number of aromatic nitrogens is 3. The highest BCUT2D eigenvalue weighted by Crippen LogP contribution is 2.09. The van der Waals surface area contributed by atoms with E-state index in [1.807, 2.05) is 0 Å². The molecular formula is C11H12N4O3. The molecule has 0 aromatic carbocycles. The van der Waals surface area contributed by atoms with Crippen LogP contribution < -0.4 is 5.32 Å². The van der Waals surface area contributed by atoms with E-state index in [1.165, 1.54) is 16.9 Å². The third kappa shape index (κ3) is 2.15. The third-order valence-electron chi connectivity index (χ3n) is 2.58. The van der Waals surface area contributed by atoms with Crippen molar-refractivity contribution < 1.29 is 14.7 Å². The van der Waals surface area contributed by atoms with Crippen LogP contribution in [0, 0.1) is 0 Å². The van der Waals surface area contributed by atoms with Crippen LogP contribution in [0.4, 0.5) is 0 Å². The summed E-state index contributed by atoms with van der Waals surface area (Å²) in [5, 5.41) is 15.3. The van der Waals surface area contributed by atoms with Crippen LogP contribution in [0.15, 0.2) is 24.8 Å². The molecule has 2 heterocycles. The molecule has 94 valence electrons. The lowest BCUT2D eigenvalue weighted by Gasteiger charge is -2.11. The fourth-order valence-corrected chi connectivity index (χ4v) is 1.58. The monoisotopic (exact) mass is 248 g/mol. The van der Waals surface area contributed by atoms with Gasteiger partial charge in [0.05, 0.1) is 23.5 Å². The number of carboxylic acid groups (broad SMARTS) is 1. The summed E-state index contributed by atoms with van der Waals surface area (Å²) in [5.74, 6) is -1.52. The molecule has 0 aliphatic heterocycles. The summed E-state index contributed by atoms with van der Waals surface area (Å²) >= 11 is 0. The maximum absolute atomic E-state index is 11.9. The fourth-order valence-electron chi connectivity index (χ4n) is 1.58. The smallest absolute Gasteiger partial charge is 0.326 e. The van der Waals surface area contributed by atoms with Gasteiger partial charge >= 0.3 is 5.97 Å². The number of aliphatic carboxylic acids is 1. The van der Waals surface area contributed by atoms with Gasteiger partial charge in [0.1, 0.15) is 6.04 Å². The first-order chi connectivity index (χ1) is 8.63. The largest absolute Gasteiger partial charge is 0.480 e. The van der Waals surface area contributed by atoms with Gasteiger partial charge in [-0.2, -0.15) is 5.10 Å². The summed E-state index contributed by atoms with van der Waals surface area (Å²) in [6.07, 6.45) is 6.37. The van der Waals surface area contributed by atoms with E-state index < -0.39 is 17.9 Å². The van der Waals surface area contributed by atoms with E-state index in [0.29, 0.717) is 17.5 Å². The zero-order valence-corrected chi connectivity index (χ0v) is 9.70. The molecule has 7 nitrogen and oxygen atoms in total. The molecule has 2 aromatic heterocycles. The zero-order chi connectivity index (χ0) is 13.1. The molecule has 0 spiro atoms. The van der Waals surface area contributed by atoms with Crippen molar-refractivity contribution in [1.82, 2.24) is 19.9 Å². The molecule has 0 aliphatic rings. The number of carbonyl (C=O) groups excluding carboxylic acids is 1. The standard InChI is InChI=1S/C11H12N4O3/c1-2-8(11(17)18)14-10(16)7-5-13-15-4-3-12-6-9(7)15/h3-6,8H,2H2,1H3,(H,14,16)(H,17,18)/t8-/m1/s1. The van der Waals surface area contributed by atoms with Crippen molar-refractivity contribution in [1.29, 1.82) is 0 Å². The third-order valence-corrected chi connectivity index (χ3v) is 2.58. The lowest BCUT2D eigenvalue weighted by molar-refractivity contribution is -0.139. The Morgan fingerprint density at radius 3 is 2.94 bits per heavy atom. The van der Waals surface area contributed by atoms with E-state index >= 15 is 0 Å². The lowest BCUT2D eigenvalue weighted by Crippen LogP contribution is -2.40. The van der Waals surface area contributed by atoms with Crippen molar-refractivity contribution in [2.24, 2.45) is 0 Å². The Morgan fingerprint density at radius 2 is 2.28 bits per heavy atom. The molecule has 0 radical (unpaired) electrons. The first-order valence-electron chi connectivity index (χ1n) is 5.44. The van der Waals surface area contributed by atoms with Gasteiger partial charge in [-0.15, -0.1) is 0 Å². The Kier molecular flexibility index (Phi) is 3.22. The average molecular weight is 248 g/mol. The van der Waals surface area contributed by atoms with Crippen LogP contribution in [0.3, 0.4) is 0 Å². The molecule has 0 fully saturated rings. The summed E-state index contributed by atoms with van der Waals surface area (Å²) in [4.78, 5) is 26.7. The van der Waals surface area contributed by atoms with Gasteiger partial charge in [0.15, 0.2) is 0 Å². The quantitative estimate of drug-likeness (QED) is 0.812. The molecule has 2 N–H and O–H groups in total. The predicted octanol–water partition coefficient (Wildman–Crippen LogP) is 0.322. The molecule has 2 rings (SSSR count). The molecule has 0 unspecified atom stereocenters. The minimum atomic E-state index is -1.06. The molecule has 0 aliphatic carbocycles. The van der Waals surface area contributed by atoms with Crippen molar-refractivity contribution >= 4 is 17.4 Å². The summed E-state index contributed by atoms with van der Waals surface area (Å²) in [5.41, 5.74) is 0.845. The Labute approximate surface area is 102 Å². The van der Waals surface area contributed by atoms with Crippen LogP contribution in [-0.4, -0.2) is 37.6 Å². The molecule has 18 heavy (non-hydrogen) atoms. The van der Waals surface area contributed by atoms with Gasteiger partial charge in [0, 0.05) is 12.4 Å². The Morgan fingerprint density at radius 1 is 1.50 bits per heavy atom. The molecule has 0 saturated heterocycles. The second-order valence-corrected chi connectivity index (χ2v) is 3.74. The molecule has 0 bridgehead atoms. The van der Waals surface area contributed by atoms with Gasteiger partial charge in [-0.3, -0.25) is 9.78 Å². The summed E-state index contributed by atoms with van der Waals surface area (Å²) in [7, 11) is 0. The number of nitrogens with zero attached hydrogens (tertiary/aromatic N) is 3. The highest BCUT2D eigenvalue weighted by atomic mass is 16.4. The van der Waals surface area contributed by atoms with Gasteiger partial charge in [0.25, 0.3) is 5.91 Å². The van der Waals surface area contributed by atoms with Crippen LogP contribution >= 0.6 is 0 Å². The number of fused-ring (bicyclic) bond motifs is 1. The number of rotatable bonds is 4. The Balaban J connectivity index is 2.26. The van der Waals surface area contributed by atoms with Crippen molar-refractivity contribution in [3.05, 3.63) is 30.4 Å². The van der Waals surface area contributed by atoms with Crippen LogP contribution in [0.1, 0.15) is 23.7 Å². The first kappa shape index (κ1) is 12.0. The van der Waals surface area contributed by atoms with Gasteiger partial charge in [-0.05, 0) is 6.42 Å². The van der Waals surface area contributed by atoms with E-state index in [1.54, 1.807) is 19.3 Å². The van der Waals surface area contributed by atoms with E-state index in [9.17, 15) is 9.59 Å². The van der Waals surface area contributed by atoms with Crippen LogP contribution in [-0.2, 0) is 4.79 Å². The number of hydrogen-bond acceptors (Lipinski definition) is 4. The summed E-state index contributed by atoms with van der Waals surface area (Å²) in [6, 6.07) is -0.899. The Bertz CT molecular complexity index is 593.